The van der Waals surface area contributed by atoms with E-state index in [1.165, 1.54) is 0 Å². The number of halogens is 3. The van der Waals surface area contributed by atoms with Crippen LogP contribution >= 0.6 is 0 Å². The third-order valence-corrected chi connectivity index (χ3v) is 2.25. The van der Waals surface area contributed by atoms with Crippen molar-refractivity contribution in [2.24, 2.45) is 0 Å². The van der Waals surface area contributed by atoms with Crippen LogP contribution in [0.4, 0.5) is 13.2 Å². The van der Waals surface area contributed by atoms with E-state index >= 15 is 0 Å². The van der Waals surface area contributed by atoms with E-state index < -0.39 is 17.8 Å². The van der Waals surface area contributed by atoms with Crippen molar-refractivity contribution < 1.29 is 18.0 Å². The number of carbonyl (C=O) groups excluding carboxylic acids is 1. The van der Waals surface area contributed by atoms with E-state index in [4.69, 9.17) is 0 Å². The zero-order chi connectivity index (χ0) is 12.3. The van der Waals surface area contributed by atoms with E-state index in [9.17, 15) is 18.0 Å². The van der Waals surface area contributed by atoms with Gasteiger partial charge in [-0.15, -0.1) is 0 Å². The normalized spacial score (nSPS) is 13.3. The van der Waals surface area contributed by atoms with Crippen LogP contribution in [0.5, 0.6) is 0 Å². The zero-order valence-corrected chi connectivity index (χ0v) is 8.93. The first kappa shape index (κ1) is 12.5. The van der Waals surface area contributed by atoms with Gasteiger partial charge in [-0.3, -0.25) is 4.79 Å². The van der Waals surface area contributed by atoms with Gasteiger partial charge in [0.2, 0.25) is 6.41 Å². The van der Waals surface area contributed by atoms with Gasteiger partial charge < -0.3 is 5.32 Å². The van der Waals surface area contributed by atoms with Crippen LogP contribution < -0.4 is 5.32 Å². The van der Waals surface area contributed by atoms with Crippen LogP contribution in [0.1, 0.15) is 29.7 Å². The molecular formula is C11H12F3NO. The molecule has 0 bridgehead atoms. The summed E-state index contributed by atoms with van der Waals surface area (Å²) in [5.74, 6) is 0. The van der Waals surface area contributed by atoms with Gasteiger partial charge in [-0.1, -0.05) is 11.6 Å². The first-order valence-electron chi connectivity index (χ1n) is 4.73. The first-order chi connectivity index (χ1) is 7.34. The predicted octanol–water partition coefficient (Wildman–Crippen LogP) is 2.82. The third kappa shape index (κ3) is 2.98. The highest BCUT2D eigenvalue weighted by molar-refractivity contribution is 5.48. The Labute approximate surface area is 91.5 Å². The van der Waals surface area contributed by atoms with Gasteiger partial charge in [0, 0.05) is 0 Å². The van der Waals surface area contributed by atoms with Crippen molar-refractivity contribution in [2.75, 3.05) is 0 Å². The quantitative estimate of drug-likeness (QED) is 0.796. The summed E-state index contributed by atoms with van der Waals surface area (Å²) >= 11 is 0. The molecular weight excluding hydrogens is 219 g/mol. The minimum Gasteiger partial charge on any atom is -0.352 e. The predicted molar refractivity (Wildman–Crippen MR) is 53.8 cm³/mol. The summed E-state index contributed by atoms with van der Waals surface area (Å²) in [6, 6.07) is 3.32. The number of hydrogen-bond donors (Lipinski definition) is 1. The number of rotatable bonds is 3. The van der Waals surface area contributed by atoms with Crippen molar-refractivity contribution in [1.82, 2.24) is 5.32 Å². The summed E-state index contributed by atoms with van der Waals surface area (Å²) in [5.41, 5.74) is 0.269. The molecule has 0 aliphatic heterocycles. The van der Waals surface area contributed by atoms with E-state index in [2.05, 4.69) is 5.32 Å². The molecule has 0 saturated heterocycles. The second kappa shape index (κ2) is 4.55. The number of alkyl halides is 3. The van der Waals surface area contributed by atoms with Gasteiger partial charge in [-0.25, -0.2) is 0 Å². The maximum absolute atomic E-state index is 12.5. The summed E-state index contributed by atoms with van der Waals surface area (Å²) in [6.07, 6.45) is -3.89. The molecule has 1 aromatic carbocycles. The molecule has 0 aromatic heterocycles. The van der Waals surface area contributed by atoms with Gasteiger partial charge in [0.15, 0.2) is 0 Å². The molecule has 0 heterocycles. The number of hydrogen-bond acceptors (Lipinski definition) is 1. The van der Waals surface area contributed by atoms with Crippen LogP contribution in [-0.2, 0) is 11.0 Å². The monoisotopic (exact) mass is 231 g/mol. The minimum absolute atomic E-state index is 0.432. The Morgan fingerprint density at radius 2 is 1.94 bits per heavy atom. The number of nitrogens with one attached hydrogen (secondary N) is 1. The van der Waals surface area contributed by atoms with Gasteiger partial charge in [0.1, 0.15) is 0 Å². The van der Waals surface area contributed by atoms with E-state index in [-0.39, 0.29) is 0 Å². The van der Waals surface area contributed by atoms with Crippen LogP contribution in [0.3, 0.4) is 0 Å². The molecule has 5 heteroatoms. The fourth-order valence-corrected chi connectivity index (χ4v) is 1.42. The number of benzene rings is 1. The van der Waals surface area contributed by atoms with Crippen LogP contribution in [0.15, 0.2) is 18.2 Å². The SMILES string of the molecule is Cc1cc([C@@H](C)NC=O)cc(C(F)(F)F)c1. The van der Waals surface area contributed by atoms with E-state index in [1.807, 2.05) is 0 Å². The minimum atomic E-state index is -4.36. The van der Waals surface area contributed by atoms with Crippen molar-refractivity contribution in [1.29, 1.82) is 0 Å². The van der Waals surface area contributed by atoms with Crippen molar-refractivity contribution in [3.63, 3.8) is 0 Å². The summed E-state index contributed by atoms with van der Waals surface area (Å²) in [4.78, 5) is 10.2. The Bertz CT molecular complexity index is 387. The molecule has 88 valence electrons. The van der Waals surface area contributed by atoms with Crippen molar-refractivity contribution in [2.45, 2.75) is 26.1 Å². The van der Waals surface area contributed by atoms with E-state index in [1.54, 1.807) is 19.9 Å². The summed E-state index contributed by atoms with van der Waals surface area (Å²) in [7, 11) is 0. The molecule has 0 aliphatic carbocycles. The molecule has 1 atom stereocenters. The van der Waals surface area contributed by atoms with Crippen LogP contribution in [-0.4, -0.2) is 6.41 Å². The second-order valence-electron chi connectivity index (χ2n) is 3.64. The van der Waals surface area contributed by atoms with E-state index in [0.29, 0.717) is 17.5 Å². The summed E-state index contributed by atoms with van der Waals surface area (Å²) < 4.78 is 37.5. The standard InChI is InChI=1S/C11H12F3NO/c1-7-3-9(8(2)15-6-16)5-10(4-7)11(12,13)14/h3-6,8H,1-2H3,(H,15,16)/t8-/m1/s1. The second-order valence-corrected chi connectivity index (χ2v) is 3.64. The molecule has 0 saturated carbocycles. The third-order valence-electron chi connectivity index (χ3n) is 2.25. The Morgan fingerprint density at radius 3 is 2.44 bits per heavy atom. The molecule has 2 nitrogen and oxygen atoms in total. The molecule has 0 radical (unpaired) electrons. The molecule has 0 aliphatic rings. The number of carbonyl (C=O) groups is 1. The average Bonchev–Trinajstić information content (AvgIpc) is 2.16. The van der Waals surface area contributed by atoms with Gasteiger partial charge in [0.05, 0.1) is 11.6 Å². The lowest BCUT2D eigenvalue weighted by molar-refractivity contribution is -0.137. The van der Waals surface area contributed by atoms with Crippen LogP contribution in [0.25, 0.3) is 0 Å². The lowest BCUT2D eigenvalue weighted by atomic mass is 10.0. The Morgan fingerprint density at radius 1 is 1.31 bits per heavy atom. The van der Waals surface area contributed by atoms with Gasteiger partial charge in [-0.2, -0.15) is 13.2 Å². The van der Waals surface area contributed by atoms with Crippen molar-refractivity contribution >= 4 is 6.41 Å². The Balaban J connectivity index is 3.12. The van der Waals surface area contributed by atoms with Crippen molar-refractivity contribution in [3.05, 3.63) is 34.9 Å². The first-order valence-corrected chi connectivity index (χ1v) is 4.73. The molecule has 1 amide bonds. The summed E-state index contributed by atoms with van der Waals surface area (Å²) in [6.45, 7) is 3.22. The van der Waals surface area contributed by atoms with Gasteiger partial charge in [0.25, 0.3) is 0 Å². The molecule has 0 fully saturated rings. The number of amides is 1. The summed E-state index contributed by atoms with van der Waals surface area (Å²) in [5, 5.41) is 2.42. The molecule has 1 N–H and O–H groups in total. The maximum Gasteiger partial charge on any atom is 0.416 e. The Kier molecular flexibility index (Phi) is 3.57. The fourth-order valence-electron chi connectivity index (χ4n) is 1.42. The van der Waals surface area contributed by atoms with Crippen LogP contribution in [0, 0.1) is 6.92 Å². The van der Waals surface area contributed by atoms with Crippen LogP contribution in [0.2, 0.25) is 0 Å². The largest absolute Gasteiger partial charge is 0.416 e. The lowest BCUT2D eigenvalue weighted by Crippen LogP contribution is -2.17. The van der Waals surface area contributed by atoms with Crippen molar-refractivity contribution in [3.8, 4) is 0 Å². The average molecular weight is 231 g/mol. The molecule has 16 heavy (non-hydrogen) atoms. The Hall–Kier alpha value is -1.52. The molecule has 1 rings (SSSR count). The molecule has 1 aromatic rings. The topological polar surface area (TPSA) is 29.1 Å². The fraction of sp³-hybridized carbons (Fsp3) is 0.364. The smallest absolute Gasteiger partial charge is 0.352 e. The maximum atomic E-state index is 12.5. The highest BCUT2D eigenvalue weighted by Gasteiger charge is 2.31. The zero-order valence-electron chi connectivity index (χ0n) is 8.93. The highest BCUT2D eigenvalue weighted by Crippen LogP contribution is 2.31. The van der Waals surface area contributed by atoms with E-state index in [0.717, 1.165) is 12.1 Å². The van der Waals surface area contributed by atoms with Gasteiger partial charge in [-0.05, 0) is 31.5 Å². The molecule has 0 unspecified atom stereocenters. The van der Waals surface area contributed by atoms with Gasteiger partial charge >= 0.3 is 6.18 Å². The molecule has 0 spiro atoms. The highest BCUT2D eigenvalue weighted by atomic mass is 19.4. The lowest BCUT2D eigenvalue weighted by Gasteiger charge is -2.15. The number of aryl methyl sites for hydroxylation is 1.